The number of H-pyrrole nitrogens is 1. The molecule has 1 heterocycles. The van der Waals surface area contributed by atoms with Crippen molar-refractivity contribution < 1.29 is 34.5 Å². The molecule has 36 heavy (non-hydrogen) atoms. The van der Waals surface area contributed by atoms with Crippen LogP contribution in [0.15, 0.2) is 30.5 Å². The molecule has 0 saturated heterocycles. The van der Waals surface area contributed by atoms with Crippen LogP contribution in [0, 0.1) is 5.92 Å². The van der Waals surface area contributed by atoms with E-state index in [1.807, 2.05) is 24.3 Å². The molecule has 6 atom stereocenters. The molecular weight excluding hydrogens is 470 g/mol. The van der Waals surface area contributed by atoms with Gasteiger partial charge < -0.3 is 42.0 Å². The van der Waals surface area contributed by atoms with Crippen molar-refractivity contribution in [2.75, 3.05) is 6.61 Å². The van der Waals surface area contributed by atoms with Crippen molar-refractivity contribution in [3.8, 4) is 0 Å². The highest BCUT2D eigenvalue weighted by Crippen LogP contribution is 2.19. The van der Waals surface area contributed by atoms with E-state index in [1.165, 1.54) is 6.92 Å². The third-order valence-corrected chi connectivity index (χ3v) is 6.10. The molecule has 12 heteroatoms. The van der Waals surface area contributed by atoms with Crippen LogP contribution in [0.4, 0.5) is 0 Å². The minimum Gasteiger partial charge on any atom is -0.480 e. The van der Waals surface area contributed by atoms with Gasteiger partial charge in [-0.05, 0) is 24.5 Å². The van der Waals surface area contributed by atoms with Crippen LogP contribution in [0.3, 0.4) is 0 Å². The Bertz CT molecular complexity index is 1070. The predicted molar refractivity (Wildman–Crippen MR) is 132 cm³/mol. The van der Waals surface area contributed by atoms with Gasteiger partial charge in [-0.2, -0.15) is 0 Å². The Morgan fingerprint density at radius 1 is 1.00 bits per heavy atom. The summed E-state index contributed by atoms with van der Waals surface area (Å²) in [5.41, 5.74) is 7.11. The van der Waals surface area contributed by atoms with Gasteiger partial charge in [-0.3, -0.25) is 14.4 Å². The summed E-state index contributed by atoms with van der Waals surface area (Å²) in [7, 11) is 0. The molecule has 0 radical (unpaired) electrons. The molecule has 2 rings (SSSR count). The molecule has 1 aromatic carbocycles. The molecule has 0 fully saturated rings. The maximum atomic E-state index is 13.2. The van der Waals surface area contributed by atoms with Gasteiger partial charge in [-0.15, -0.1) is 0 Å². The smallest absolute Gasteiger partial charge is 0.326 e. The molecule has 0 saturated carbocycles. The third-order valence-electron chi connectivity index (χ3n) is 6.10. The van der Waals surface area contributed by atoms with Crippen LogP contribution >= 0.6 is 0 Å². The number of aliphatic carboxylic acids is 1. The molecule has 198 valence electrons. The number of nitrogens with two attached hydrogens (primary N) is 1. The summed E-state index contributed by atoms with van der Waals surface area (Å²) in [6.45, 7) is 4.07. The first-order valence-electron chi connectivity index (χ1n) is 11.7. The second-order valence-corrected chi connectivity index (χ2v) is 8.85. The number of rotatable bonds is 13. The number of carboxylic acid groups (broad SMARTS) is 1. The number of hydrogen-bond acceptors (Lipinski definition) is 7. The number of carbonyl (C=O) groups excluding carboxylic acids is 3. The van der Waals surface area contributed by atoms with Gasteiger partial charge in [0.05, 0.1) is 12.7 Å². The zero-order valence-corrected chi connectivity index (χ0v) is 20.5. The van der Waals surface area contributed by atoms with Gasteiger partial charge in [0, 0.05) is 23.5 Å². The Kier molecular flexibility index (Phi) is 10.4. The number of amides is 3. The third kappa shape index (κ3) is 7.26. The van der Waals surface area contributed by atoms with E-state index in [9.17, 15) is 34.5 Å². The average molecular weight is 506 g/mol. The quantitative estimate of drug-likeness (QED) is 0.169. The number of aromatic nitrogens is 1. The fourth-order valence-corrected chi connectivity index (χ4v) is 3.68. The highest BCUT2D eigenvalue weighted by Gasteiger charge is 2.34. The SMILES string of the molecule is CCC(C)C(NC(=O)C(NC(=O)C(Cc1c[nH]c2ccccc12)NC(=O)C(N)CO)C(C)O)C(=O)O. The molecule has 2 aromatic rings. The number of nitrogens with one attached hydrogen (secondary N) is 4. The normalized spacial score (nSPS) is 16.3. The standard InChI is InChI=1S/C24H35N5O7/c1-4-12(2)19(24(35)36)28-23(34)20(13(3)31)29-22(33)18(27-21(32)16(25)11-30)9-14-10-26-17-8-6-5-7-15(14)17/h5-8,10,12-13,16,18-20,26,30-31H,4,9,11,25H2,1-3H3,(H,27,32)(H,28,34)(H,29,33)(H,35,36). The van der Waals surface area contributed by atoms with Gasteiger partial charge in [0.25, 0.3) is 0 Å². The van der Waals surface area contributed by atoms with Gasteiger partial charge in [0.1, 0.15) is 24.2 Å². The zero-order valence-electron chi connectivity index (χ0n) is 20.5. The Hall–Kier alpha value is -3.48. The van der Waals surface area contributed by atoms with Crippen LogP contribution in [0.2, 0.25) is 0 Å². The fourth-order valence-electron chi connectivity index (χ4n) is 3.68. The van der Waals surface area contributed by atoms with Gasteiger partial charge in [-0.1, -0.05) is 38.5 Å². The van der Waals surface area contributed by atoms with Gasteiger partial charge in [0.2, 0.25) is 17.7 Å². The largest absolute Gasteiger partial charge is 0.480 e. The lowest BCUT2D eigenvalue weighted by Gasteiger charge is -2.27. The topological polar surface area (TPSA) is 207 Å². The highest BCUT2D eigenvalue weighted by atomic mass is 16.4. The molecule has 9 N–H and O–H groups in total. The lowest BCUT2D eigenvalue weighted by Crippen LogP contribution is -2.60. The number of carboxylic acids is 1. The molecular formula is C24H35N5O7. The Balaban J connectivity index is 2.28. The number of aliphatic hydroxyl groups is 2. The van der Waals surface area contributed by atoms with Crippen LogP contribution in [0.5, 0.6) is 0 Å². The maximum absolute atomic E-state index is 13.2. The molecule has 12 nitrogen and oxygen atoms in total. The summed E-state index contributed by atoms with van der Waals surface area (Å²) in [5.74, 6) is -4.09. The predicted octanol–water partition coefficient (Wildman–Crippen LogP) is -1.00. The molecule has 0 aliphatic rings. The monoisotopic (exact) mass is 505 g/mol. The first kappa shape index (κ1) is 28.8. The number of fused-ring (bicyclic) bond motifs is 1. The van der Waals surface area contributed by atoms with Crippen molar-refractivity contribution in [1.29, 1.82) is 0 Å². The van der Waals surface area contributed by atoms with E-state index >= 15 is 0 Å². The number of aromatic amines is 1. The minimum atomic E-state index is -1.49. The zero-order chi connectivity index (χ0) is 27.0. The lowest BCUT2D eigenvalue weighted by atomic mass is 9.98. The number of para-hydroxylation sites is 1. The van der Waals surface area contributed by atoms with Gasteiger partial charge in [-0.25, -0.2) is 4.79 Å². The second kappa shape index (κ2) is 13.0. The molecule has 3 amide bonds. The molecule has 0 bridgehead atoms. The molecule has 1 aromatic heterocycles. The first-order chi connectivity index (χ1) is 17.0. The van der Waals surface area contributed by atoms with Crippen molar-refractivity contribution in [2.45, 2.75) is 63.9 Å². The van der Waals surface area contributed by atoms with Crippen molar-refractivity contribution in [3.05, 3.63) is 36.0 Å². The minimum absolute atomic E-state index is 0.0124. The van der Waals surface area contributed by atoms with E-state index in [1.54, 1.807) is 20.0 Å². The van der Waals surface area contributed by atoms with Crippen LogP contribution in [0.25, 0.3) is 10.9 Å². The Morgan fingerprint density at radius 2 is 1.64 bits per heavy atom. The van der Waals surface area contributed by atoms with Crippen LogP contribution in [0.1, 0.15) is 32.8 Å². The van der Waals surface area contributed by atoms with E-state index in [-0.39, 0.29) is 6.42 Å². The number of carbonyl (C=O) groups is 4. The molecule has 0 aliphatic heterocycles. The lowest BCUT2D eigenvalue weighted by molar-refractivity contribution is -0.144. The van der Waals surface area contributed by atoms with Crippen LogP contribution in [-0.2, 0) is 25.6 Å². The Labute approximate surface area is 208 Å². The van der Waals surface area contributed by atoms with Crippen molar-refractivity contribution in [1.82, 2.24) is 20.9 Å². The summed E-state index contributed by atoms with van der Waals surface area (Å²) in [4.78, 5) is 53.2. The maximum Gasteiger partial charge on any atom is 0.326 e. The number of benzene rings is 1. The molecule has 0 aliphatic carbocycles. The molecule has 6 unspecified atom stereocenters. The van der Waals surface area contributed by atoms with Crippen molar-refractivity contribution in [2.24, 2.45) is 11.7 Å². The number of aliphatic hydroxyl groups excluding tert-OH is 2. The van der Waals surface area contributed by atoms with Crippen LogP contribution < -0.4 is 21.7 Å². The molecule has 0 spiro atoms. The van der Waals surface area contributed by atoms with Crippen molar-refractivity contribution >= 4 is 34.6 Å². The number of hydrogen-bond donors (Lipinski definition) is 8. The summed E-state index contributed by atoms with van der Waals surface area (Å²) >= 11 is 0. The van der Waals surface area contributed by atoms with Crippen molar-refractivity contribution in [3.63, 3.8) is 0 Å². The highest BCUT2D eigenvalue weighted by molar-refractivity contribution is 5.95. The summed E-state index contributed by atoms with van der Waals surface area (Å²) in [6, 6.07) is 2.15. The van der Waals surface area contributed by atoms with E-state index in [2.05, 4.69) is 20.9 Å². The average Bonchev–Trinajstić information content (AvgIpc) is 3.26. The van der Waals surface area contributed by atoms with Gasteiger partial charge in [0.15, 0.2) is 0 Å². The summed E-state index contributed by atoms with van der Waals surface area (Å²) in [6.07, 6.45) is 0.807. The summed E-state index contributed by atoms with van der Waals surface area (Å²) < 4.78 is 0. The van der Waals surface area contributed by atoms with Crippen LogP contribution in [-0.4, -0.2) is 80.9 Å². The van der Waals surface area contributed by atoms with E-state index in [0.717, 1.165) is 10.9 Å². The van der Waals surface area contributed by atoms with Gasteiger partial charge >= 0.3 is 5.97 Å². The second-order valence-electron chi connectivity index (χ2n) is 8.85. The summed E-state index contributed by atoms with van der Waals surface area (Å²) in [5, 5.41) is 37.0. The van der Waals surface area contributed by atoms with E-state index < -0.39 is 66.5 Å². The Morgan fingerprint density at radius 3 is 2.22 bits per heavy atom. The van der Waals surface area contributed by atoms with E-state index in [0.29, 0.717) is 12.0 Å². The fraction of sp³-hybridized carbons (Fsp3) is 0.500. The first-order valence-corrected chi connectivity index (χ1v) is 11.7. The van der Waals surface area contributed by atoms with E-state index in [4.69, 9.17) is 5.73 Å².